The molecule has 1 amide bonds. The van der Waals surface area contributed by atoms with Crippen LogP contribution < -0.4 is 29.1 Å². The van der Waals surface area contributed by atoms with E-state index in [2.05, 4.69) is 73.0 Å². The molecule has 0 bridgehead atoms. The van der Waals surface area contributed by atoms with Gasteiger partial charge in [-0.25, -0.2) is 13.1 Å². The molecular weight excluding hydrogens is 949 g/mol. The van der Waals surface area contributed by atoms with Crippen LogP contribution in [0.4, 0.5) is 17.1 Å². The van der Waals surface area contributed by atoms with Crippen LogP contribution in [-0.2, 0) is 10.0 Å². The fourth-order valence-electron chi connectivity index (χ4n) is 12.6. The predicted octanol–water partition coefficient (Wildman–Crippen LogP) is 8.75. The van der Waals surface area contributed by atoms with E-state index in [4.69, 9.17) is 19.2 Å². The maximum atomic E-state index is 14.4. The molecule has 1 spiro atoms. The lowest BCUT2D eigenvalue weighted by Gasteiger charge is -2.56. The number of benzene rings is 3. The van der Waals surface area contributed by atoms with Crippen LogP contribution in [-0.4, -0.2) is 121 Å². The van der Waals surface area contributed by atoms with Crippen LogP contribution in [0.15, 0.2) is 83.0 Å². The second-order valence-electron chi connectivity index (χ2n) is 22.2. The lowest BCUT2D eigenvalue weighted by atomic mass is 9.59. The molecule has 3 aromatic carbocycles. The first-order valence-electron chi connectivity index (χ1n) is 26.3. The average Bonchev–Trinajstić information content (AvgIpc) is 4.04. The molecule has 11 rings (SSSR count). The number of amides is 1. The average molecular weight is 1020 g/mol. The minimum atomic E-state index is -4.60. The molecule has 1 unspecified atom stereocenters. The number of fused-ring (bicyclic) bond motifs is 2. The number of nitroso groups, excluding NO2 is 1. The number of rotatable bonds is 15. The highest BCUT2D eigenvalue weighted by molar-refractivity contribution is 7.90. The van der Waals surface area contributed by atoms with Gasteiger partial charge in [0.2, 0.25) is 0 Å². The number of sulfonamides is 1. The van der Waals surface area contributed by atoms with E-state index in [1.807, 2.05) is 19.1 Å². The van der Waals surface area contributed by atoms with Gasteiger partial charge in [-0.3, -0.25) is 14.6 Å². The zero-order valence-corrected chi connectivity index (χ0v) is 42.8. The number of β-amino-alcohol motifs (C(OH)–C–C–N with tert-alkyl or cyclic N) is 1. The summed E-state index contributed by atoms with van der Waals surface area (Å²) in [5, 5.41) is 27.6. The summed E-state index contributed by atoms with van der Waals surface area (Å²) in [7, 11) is -4.60. The molecule has 5 N–H and O–H groups in total. The van der Waals surface area contributed by atoms with Gasteiger partial charge in [0.05, 0.1) is 28.2 Å². The Balaban J connectivity index is 0.830. The number of aromatic amines is 1. The number of pyridine rings is 1. The van der Waals surface area contributed by atoms with Gasteiger partial charge in [-0.15, -0.1) is 4.91 Å². The third-order valence-corrected chi connectivity index (χ3v) is 18.2. The predicted molar refractivity (Wildman–Crippen MR) is 279 cm³/mol. The lowest BCUT2D eigenvalue weighted by Crippen LogP contribution is -2.54. The van der Waals surface area contributed by atoms with Gasteiger partial charge in [0.15, 0.2) is 5.75 Å². The SMILES string of the molecule is CC(C)c1ccccc1[C@@H]1CCCN1C1CC2(CCN(c3ccc(C(=O)NS(=O)(=O)c4cc(N=O)c5c(c4)OCC([C@H]4CC[C@](C)(O)CC4)N5)c(Oc4cc5cc[nH]c5nc4OCCN4CC(O)C4)c3)CC2)C1. The van der Waals surface area contributed by atoms with E-state index >= 15 is 0 Å². The number of hydrogen-bond acceptors (Lipinski definition) is 15. The number of nitrogens with zero attached hydrogens (tertiary/aromatic N) is 5. The first kappa shape index (κ1) is 49.4. The van der Waals surface area contributed by atoms with E-state index in [1.165, 1.54) is 42.9 Å². The summed E-state index contributed by atoms with van der Waals surface area (Å²) in [4.78, 5) is 41.3. The van der Waals surface area contributed by atoms with Crippen molar-refractivity contribution in [1.82, 2.24) is 24.5 Å². The number of aromatic nitrogens is 2. The van der Waals surface area contributed by atoms with Crippen molar-refractivity contribution in [3.05, 3.63) is 94.5 Å². The molecule has 388 valence electrons. The molecule has 18 heteroatoms. The number of H-pyrrole nitrogens is 1. The van der Waals surface area contributed by atoms with E-state index in [9.17, 15) is 28.3 Å². The third kappa shape index (κ3) is 10.1. The Bertz CT molecular complexity index is 2970. The van der Waals surface area contributed by atoms with Gasteiger partial charge in [-0.1, -0.05) is 38.1 Å². The molecule has 2 atom stereocenters. The highest BCUT2D eigenvalue weighted by Gasteiger charge is 2.50. The molecule has 3 saturated heterocycles. The largest absolute Gasteiger partial charge is 0.489 e. The number of nitrogens with one attached hydrogen (secondary N) is 3. The first-order valence-corrected chi connectivity index (χ1v) is 27.7. The van der Waals surface area contributed by atoms with Gasteiger partial charge in [0, 0.05) is 74.2 Å². The van der Waals surface area contributed by atoms with Crippen molar-refractivity contribution in [2.24, 2.45) is 16.5 Å². The van der Waals surface area contributed by atoms with Crippen LogP contribution in [0, 0.1) is 16.2 Å². The van der Waals surface area contributed by atoms with Crippen molar-refractivity contribution in [1.29, 1.82) is 0 Å². The molecule has 4 aliphatic heterocycles. The number of likely N-dealkylation sites (tertiary alicyclic amines) is 2. The van der Waals surface area contributed by atoms with E-state index < -0.39 is 21.5 Å². The lowest BCUT2D eigenvalue weighted by molar-refractivity contribution is -0.0227. The number of carbonyl (C=O) groups is 1. The second kappa shape index (κ2) is 19.8. The van der Waals surface area contributed by atoms with Gasteiger partial charge in [0.25, 0.3) is 21.8 Å². The number of ether oxygens (including phenoxy) is 3. The smallest absolute Gasteiger partial charge is 0.268 e. The van der Waals surface area contributed by atoms with Gasteiger partial charge < -0.3 is 39.6 Å². The van der Waals surface area contributed by atoms with Crippen molar-refractivity contribution in [2.75, 3.05) is 62.7 Å². The highest BCUT2D eigenvalue weighted by atomic mass is 32.2. The summed E-state index contributed by atoms with van der Waals surface area (Å²) in [5.74, 6) is 0.366. The van der Waals surface area contributed by atoms with Crippen LogP contribution in [0.5, 0.6) is 23.1 Å². The fourth-order valence-corrected chi connectivity index (χ4v) is 13.6. The number of anilines is 2. The minimum absolute atomic E-state index is 0.0459. The standard InChI is InChI=1S/C55H68N8O9S/c1-34(2)41-7-4-5-8-42(41)46-9-6-20-63(46)38-29-55(30-38)17-21-62(22-18-55)37-10-11-43(47(26-37)72-49-25-36-14-19-56-51(36)58-53(49)70-24-23-61-31-39(64)32-61)52(65)60-73(68,69)40-27-44(59-67)50-48(28-40)71-33-45(57-50)35-12-15-54(3,66)16-13-35/h4-5,7-8,10-11,14,19,25-28,34-35,38-39,45-46,57,64,66H,6,9,12-13,15-18,20-24,29-33H2,1-3H3,(H,56,58)(H,60,65)/t35-,45?,46-,54-/m0/s1. The zero-order valence-electron chi connectivity index (χ0n) is 42.0. The fraction of sp³-hybridized carbons (Fsp3) is 0.527. The van der Waals surface area contributed by atoms with Crippen molar-refractivity contribution in [2.45, 2.75) is 126 Å². The number of hydrogen-bond donors (Lipinski definition) is 5. The minimum Gasteiger partial charge on any atom is -0.489 e. The van der Waals surface area contributed by atoms with Crippen molar-refractivity contribution in [3.8, 4) is 23.1 Å². The summed E-state index contributed by atoms with van der Waals surface area (Å²) < 4.78 is 49.5. The van der Waals surface area contributed by atoms with Crippen molar-refractivity contribution < 1.29 is 37.6 Å². The molecule has 5 aromatic rings. The van der Waals surface area contributed by atoms with E-state index in [-0.39, 0.29) is 81.7 Å². The molecule has 0 radical (unpaired) electrons. The Morgan fingerprint density at radius 1 is 0.986 bits per heavy atom. The number of aliphatic hydroxyl groups is 2. The quantitative estimate of drug-likeness (QED) is 0.0621. The zero-order chi connectivity index (χ0) is 50.6. The maximum absolute atomic E-state index is 14.4. The normalized spacial score (nSPS) is 24.6. The highest BCUT2D eigenvalue weighted by Crippen LogP contribution is 2.54. The number of carbonyl (C=O) groups excluding carboxylic acids is 1. The molecule has 2 aromatic heterocycles. The summed E-state index contributed by atoms with van der Waals surface area (Å²) in [6.45, 7) is 11.3. The number of piperidine rings is 1. The van der Waals surface area contributed by atoms with E-state index in [1.54, 1.807) is 24.4 Å². The Morgan fingerprint density at radius 2 is 1.77 bits per heavy atom. The molecule has 73 heavy (non-hydrogen) atoms. The maximum Gasteiger partial charge on any atom is 0.268 e. The van der Waals surface area contributed by atoms with Gasteiger partial charge in [0.1, 0.15) is 41.7 Å². The Hall–Kier alpha value is -5.79. The summed E-state index contributed by atoms with van der Waals surface area (Å²) >= 11 is 0. The van der Waals surface area contributed by atoms with Crippen molar-refractivity contribution >= 4 is 44.0 Å². The van der Waals surface area contributed by atoms with Crippen LogP contribution in [0.2, 0.25) is 0 Å². The van der Waals surface area contributed by atoms with Crippen molar-refractivity contribution in [3.63, 3.8) is 0 Å². The number of aliphatic hydroxyl groups excluding tert-OH is 1. The van der Waals surface area contributed by atoms with Crippen LogP contribution in [0.25, 0.3) is 11.0 Å². The Kier molecular flexibility index (Phi) is 13.4. The van der Waals surface area contributed by atoms with Gasteiger partial charge in [-0.2, -0.15) is 4.98 Å². The van der Waals surface area contributed by atoms with E-state index in [0.29, 0.717) is 56.1 Å². The molecule has 5 fully saturated rings. The molecule has 17 nitrogen and oxygen atoms in total. The molecule has 6 heterocycles. The summed E-state index contributed by atoms with van der Waals surface area (Å²) in [6.07, 6.45) is 11.1. The first-order chi connectivity index (χ1) is 35.1. The third-order valence-electron chi connectivity index (χ3n) is 16.9. The molecular formula is C55H68N8O9S. The Morgan fingerprint density at radius 3 is 2.52 bits per heavy atom. The molecule has 2 aliphatic carbocycles. The van der Waals surface area contributed by atoms with Crippen LogP contribution in [0.3, 0.4) is 0 Å². The second-order valence-corrected chi connectivity index (χ2v) is 23.9. The van der Waals surface area contributed by atoms with Crippen LogP contribution >= 0.6 is 0 Å². The summed E-state index contributed by atoms with van der Waals surface area (Å²) in [5.41, 5.74) is 3.99. The monoisotopic (exact) mass is 1020 g/mol. The van der Waals surface area contributed by atoms with E-state index in [0.717, 1.165) is 62.5 Å². The summed E-state index contributed by atoms with van der Waals surface area (Å²) in [6, 6.07) is 21.1. The topological polar surface area (TPSA) is 211 Å². The molecule has 6 aliphatic rings. The van der Waals surface area contributed by atoms with Gasteiger partial charge in [-0.05, 0) is 142 Å². The van der Waals surface area contributed by atoms with Crippen LogP contribution in [0.1, 0.15) is 118 Å². The Labute approximate surface area is 427 Å². The van der Waals surface area contributed by atoms with Gasteiger partial charge >= 0.3 is 0 Å². The molecule has 2 saturated carbocycles.